The Hall–Kier alpha value is -2.22. The number of nitrogens with zero attached hydrogens (tertiary/aromatic N) is 1. The summed E-state index contributed by atoms with van der Waals surface area (Å²) in [5.41, 5.74) is -0.253. The Labute approximate surface area is 147 Å². The predicted molar refractivity (Wildman–Crippen MR) is 66.8 cm³/mol. The molecule has 0 saturated carbocycles. The summed E-state index contributed by atoms with van der Waals surface area (Å²) in [6, 6.07) is 3.60. The number of pyridine rings is 1. The van der Waals surface area contributed by atoms with Crippen LogP contribution in [-0.4, -0.2) is 46.9 Å². The fraction of sp³-hybridized carbons (Fsp3) is 0.538. The maximum absolute atomic E-state index is 13.5. The van der Waals surface area contributed by atoms with E-state index in [1.165, 1.54) is 12.1 Å². The summed E-state index contributed by atoms with van der Waals surface area (Å²) in [5.74, 6) is -39.9. The monoisotopic (exact) mass is 436 g/mol. The molecule has 0 spiro atoms. The number of halogens is 12. The second-order valence-electron chi connectivity index (χ2n) is 5.22. The van der Waals surface area contributed by atoms with E-state index in [4.69, 9.17) is 0 Å². The zero-order valence-corrected chi connectivity index (χ0v) is 13.0. The average Bonchev–Trinajstić information content (AvgIpc) is 2.59. The number of carbonyl (C=O) groups excluding carboxylic acids is 1. The van der Waals surface area contributed by atoms with Crippen molar-refractivity contribution in [2.45, 2.75) is 42.6 Å². The van der Waals surface area contributed by atoms with E-state index in [9.17, 15) is 57.5 Å². The summed E-state index contributed by atoms with van der Waals surface area (Å²) >= 11 is 0. The predicted octanol–water partition coefficient (Wildman–Crippen LogP) is 4.14. The van der Waals surface area contributed by atoms with Crippen molar-refractivity contribution in [1.29, 1.82) is 0 Å². The van der Waals surface area contributed by atoms with Crippen LogP contribution in [0.2, 0.25) is 0 Å². The molecule has 1 amide bonds. The standard InChI is InChI=1S/C13H8F12N2O/c14-7(15)9(16,17)11(20,21)13(24,25)12(22,23)10(18,19)8(28)27-5-6-3-1-2-4-26-6/h1-4,7H,5H2,(H,27,28). The minimum absolute atomic E-state index is 0.253. The zero-order valence-electron chi connectivity index (χ0n) is 13.0. The molecule has 0 atom stereocenters. The highest BCUT2D eigenvalue weighted by molar-refractivity contribution is 5.84. The van der Waals surface area contributed by atoms with Gasteiger partial charge in [0, 0.05) is 6.20 Å². The van der Waals surface area contributed by atoms with Gasteiger partial charge < -0.3 is 5.32 Å². The van der Waals surface area contributed by atoms with E-state index in [0.717, 1.165) is 17.6 Å². The second-order valence-corrected chi connectivity index (χ2v) is 5.22. The molecule has 15 heteroatoms. The summed E-state index contributed by atoms with van der Waals surface area (Å²) in [4.78, 5) is 14.6. The summed E-state index contributed by atoms with van der Waals surface area (Å²) in [6.45, 7) is -1.06. The molecule has 0 unspecified atom stereocenters. The van der Waals surface area contributed by atoms with Crippen LogP contribution in [0.5, 0.6) is 0 Å². The van der Waals surface area contributed by atoms with E-state index in [1.807, 2.05) is 0 Å². The number of aromatic nitrogens is 1. The third-order valence-electron chi connectivity index (χ3n) is 3.32. The van der Waals surface area contributed by atoms with Crippen LogP contribution in [0.25, 0.3) is 0 Å². The second kappa shape index (κ2) is 7.31. The molecule has 1 aromatic heterocycles. The molecule has 0 aliphatic rings. The highest BCUT2D eigenvalue weighted by Crippen LogP contribution is 2.58. The van der Waals surface area contributed by atoms with Crippen LogP contribution in [0.3, 0.4) is 0 Å². The van der Waals surface area contributed by atoms with Gasteiger partial charge in [-0.15, -0.1) is 0 Å². The normalized spacial score (nSPS) is 14.3. The Morgan fingerprint density at radius 3 is 1.86 bits per heavy atom. The summed E-state index contributed by atoms with van der Waals surface area (Å²) in [7, 11) is 0. The van der Waals surface area contributed by atoms with Crippen LogP contribution in [0, 0.1) is 0 Å². The molecular weight excluding hydrogens is 428 g/mol. The van der Waals surface area contributed by atoms with E-state index in [1.54, 1.807) is 0 Å². The lowest BCUT2D eigenvalue weighted by atomic mass is 9.94. The molecule has 160 valence electrons. The number of hydrogen-bond donors (Lipinski definition) is 1. The summed E-state index contributed by atoms with van der Waals surface area (Å²) in [6.07, 6.45) is -4.55. The first kappa shape index (κ1) is 23.8. The first-order valence-electron chi connectivity index (χ1n) is 6.80. The molecular formula is C13H8F12N2O. The molecule has 1 rings (SSSR count). The van der Waals surface area contributed by atoms with Crippen LogP contribution in [0.4, 0.5) is 52.7 Å². The number of nitrogens with one attached hydrogen (secondary N) is 1. The lowest BCUT2D eigenvalue weighted by molar-refractivity contribution is -0.407. The first-order valence-corrected chi connectivity index (χ1v) is 6.80. The number of amides is 1. The Morgan fingerprint density at radius 1 is 0.893 bits per heavy atom. The maximum Gasteiger partial charge on any atom is 0.392 e. The van der Waals surface area contributed by atoms with Gasteiger partial charge in [-0.05, 0) is 12.1 Å². The van der Waals surface area contributed by atoms with E-state index in [-0.39, 0.29) is 5.69 Å². The van der Waals surface area contributed by atoms with Crippen LogP contribution in [-0.2, 0) is 11.3 Å². The highest BCUT2D eigenvalue weighted by atomic mass is 19.4. The molecule has 0 aromatic carbocycles. The van der Waals surface area contributed by atoms with Gasteiger partial charge >= 0.3 is 36.0 Å². The molecule has 1 N–H and O–H groups in total. The van der Waals surface area contributed by atoms with Crippen molar-refractivity contribution < 1.29 is 57.5 Å². The molecule has 1 aromatic rings. The van der Waals surface area contributed by atoms with Gasteiger partial charge in [0.05, 0.1) is 12.2 Å². The van der Waals surface area contributed by atoms with Crippen molar-refractivity contribution in [2.24, 2.45) is 0 Å². The molecule has 28 heavy (non-hydrogen) atoms. The third-order valence-corrected chi connectivity index (χ3v) is 3.32. The van der Waals surface area contributed by atoms with Crippen molar-refractivity contribution in [3.8, 4) is 0 Å². The summed E-state index contributed by atoms with van der Waals surface area (Å²) in [5, 5.41) is 0.985. The van der Waals surface area contributed by atoms with E-state index in [2.05, 4.69) is 4.98 Å². The fourth-order valence-electron chi connectivity index (χ4n) is 1.67. The molecule has 0 fully saturated rings. The van der Waals surface area contributed by atoms with Gasteiger partial charge in [0.1, 0.15) is 0 Å². The Morgan fingerprint density at radius 2 is 1.43 bits per heavy atom. The highest BCUT2D eigenvalue weighted by Gasteiger charge is 2.89. The van der Waals surface area contributed by atoms with Gasteiger partial charge in [-0.3, -0.25) is 9.78 Å². The molecule has 0 bridgehead atoms. The zero-order chi connectivity index (χ0) is 22.2. The SMILES string of the molecule is O=C(NCc1ccccn1)C(F)(F)C(F)(F)C(F)(F)C(F)(F)C(F)(F)C(F)F. The Bertz CT molecular complexity index is 692. The van der Waals surface area contributed by atoms with E-state index < -0.39 is 48.5 Å². The van der Waals surface area contributed by atoms with Crippen molar-refractivity contribution in [1.82, 2.24) is 10.3 Å². The van der Waals surface area contributed by atoms with E-state index in [0.29, 0.717) is 0 Å². The molecule has 0 aliphatic heterocycles. The van der Waals surface area contributed by atoms with Crippen LogP contribution >= 0.6 is 0 Å². The quantitative estimate of drug-likeness (QED) is 0.623. The van der Waals surface area contributed by atoms with Gasteiger partial charge in [-0.1, -0.05) is 6.07 Å². The molecule has 0 saturated heterocycles. The molecule has 0 aliphatic carbocycles. The van der Waals surface area contributed by atoms with Gasteiger partial charge in [0.15, 0.2) is 0 Å². The van der Waals surface area contributed by atoms with Crippen LogP contribution < -0.4 is 5.32 Å². The minimum Gasteiger partial charge on any atom is -0.345 e. The van der Waals surface area contributed by atoms with Crippen molar-refractivity contribution >= 4 is 5.91 Å². The van der Waals surface area contributed by atoms with Gasteiger partial charge in [0.25, 0.3) is 5.91 Å². The van der Waals surface area contributed by atoms with Crippen molar-refractivity contribution in [3.05, 3.63) is 30.1 Å². The Balaban J connectivity index is 3.20. The topological polar surface area (TPSA) is 42.0 Å². The smallest absolute Gasteiger partial charge is 0.345 e. The van der Waals surface area contributed by atoms with Crippen molar-refractivity contribution in [2.75, 3.05) is 0 Å². The van der Waals surface area contributed by atoms with Gasteiger partial charge in [-0.25, -0.2) is 8.78 Å². The van der Waals surface area contributed by atoms with Gasteiger partial charge in [-0.2, -0.15) is 43.9 Å². The first-order chi connectivity index (χ1) is 12.4. The Kier molecular flexibility index (Phi) is 6.22. The largest absolute Gasteiger partial charge is 0.392 e. The average molecular weight is 436 g/mol. The lowest BCUT2D eigenvalue weighted by Crippen LogP contribution is -2.70. The van der Waals surface area contributed by atoms with E-state index >= 15 is 0 Å². The van der Waals surface area contributed by atoms with Gasteiger partial charge in [0.2, 0.25) is 0 Å². The number of alkyl halides is 12. The molecule has 0 radical (unpaired) electrons. The van der Waals surface area contributed by atoms with Crippen LogP contribution in [0.15, 0.2) is 24.4 Å². The molecule has 1 heterocycles. The lowest BCUT2D eigenvalue weighted by Gasteiger charge is -2.38. The van der Waals surface area contributed by atoms with Crippen LogP contribution in [0.1, 0.15) is 5.69 Å². The number of hydrogen-bond acceptors (Lipinski definition) is 2. The van der Waals surface area contributed by atoms with Crippen molar-refractivity contribution in [3.63, 3.8) is 0 Å². The fourth-order valence-corrected chi connectivity index (χ4v) is 1.67. The number of carbonyl (C=O) groups is 1. The minimum atomic E-state index is -7.74. The molecule has 3 nitrogen and oxygen atoms in total. The third kappa shape index (κ3) is 3.57. The number of rotatable bonds is 8. The summed E-state index contributed by atoms with van der Waals surface area (Å²) < 4.78 is 155. The maximum atomic E-state index is 13.5.